The Balaban J connectivity index is 1.79. The minimum Gasteiger partial charge on any atom is -0.482 e. The molecule has 28 heavy (non-hydrogen) atoms. The summed E-state index contributed by atoms with van der Waals surface area (Å²) in [6.45, 7) is 1.82. The van der Waals surface area contributed by atoms with Crippen LogP contribution in [0.1, 0.15) is 29.3 Å². The van der Waals surface area contributed by atoms with Crippen molar-refractivity contribution in [2.24, 2.45) is 0 Å². The van der Waals surface area contributed by atoms with Crippen molar-refractivity contribution in [2.45, 2.75) is 31.7 Å². The number of nitrogens with zero attached hydrogens (tertiary/aromatic N) is 1. The molecule has 0 aliphatic carbocycles. The van der Waals surface area contributed by atoms with E-state index >= 15 is 0 Å². The first-order chi connectivity index (χ1) is 13.2. The lowest BCUT2D eigenvalue weighted by Crippen LogP contribution is -2.32. The molecule has 0 saturated heterocycles. The topological polar surface area (TPSA) is 80.7 Å². The fourth-order valence-corrected chi connectivity index (χ4v) is 3.07. The molecule has 0 amide bonds. The molecule has 154 valence electrons. The Kier molecular flexibility index (Phi) is 7.78. The van der Waals surface area contributed by atoms with Gasteiger partial charge in [0.2, 0.25) is 0 Å². The second-order valence-corrected chi connectivity index (χ2v) is 6.97. The summed E-state index contributed by atoms with van der Waals surface area (Å²) in [5.41, 5.74) is 0.997. The van der Waals surface area contributed by atoms with Crippen molar-refractivity contribution < 1.29 is 32.5 Å². The van der Waals surface area contributed by atoms with Crippen LogP contribution in [0.15, 0.2) is 29.6 Å². The molecule has 0 radical (unpaired) electrons. The summed E-state index contributed by atoms with van der Waals surface area (Å²) in [5.74, 6) is 0.0668. The molecule has 2 atom stereocenters. The largest absolute Gasteiger partial charge is 0.482 e. The third-order valence-electron chi connectivity index (χ3n) is 3.82. The van der Waals surface area contributed by atoms with Crippen molar-refractivity contribution in [2.75, 3.05) is 20.3 Å². The van der Waals surface area contributed by atoms with Gasteiger partial charge in [0.05, 0.1) is 12.8 Å². The van der Waals surface area contributed by atoms with E-state index in [1.807, 2.05) is 19.1 Å². The fraction of sp³-hybridized carbons (Fsp3) is 0.444. The summed E-state index contributed by atoms with van der Waals surface area (Å²) in [4.78, 5) is 14.5. The monoisotopic (exact) mass is 418 g/mol. The van der Waals surface area contributed by atoms with Gasteiger partial charge in [0.25, 0.3) is 0 Å². The molecular formula is C18H21F3N2O4S. The maximum absolute atomic E-state index is 12.6. The van der Waals surface area contributed by atoms with E-state index in [2.05, 4.69) is 15.0 Å². The van der Waals surface area contributed by atoms with Gasteiger partial charge in [-0.3, -0.25) is 0 Å². The van der Waals surface area contributed by atoms with Gasteiger partial charge in [0, 0.05) is 18.0 Å². The minimum absolute atomic E-state index is 0.00383. The number of methoxy groups -OCH3 is 1. The molecule has 2 N–H and O–H groups in total. The average molecular weight is 418 g/mol. The van der Waals surface area contributed by atoms with Gasteiger partial charge in [-0.25, -0.2) is 9.78 Å². The maximum atomic E-state index is 12.6. The van der Waals surface area contributed by atoms with E-state index in [1.165, 1.54) is 12.5 Å². The normalized spacial score (nSPS) is 13.8. The van der Waals surface area contributed by atoms with Crippen LogP contribution in [0.3, 0.4) is 0 Å². The molecule has 1 heterocycles. The molecule has 2 aromatic rings. The Labute approximate surface area is 164 Å². The smallest absolute Gasteiger partial charge is 0.443 e. The molecular weight excluding hydrogens is 397 g/mol. The predicted molar refractivity (Wildman–Crippen MR) is 97.2 cm³/mol. The van der Waals surface area contributed by atoms with Gasteiger partial charge in [0.15, 0.2) is 11.6 Å². The van der Waals surface area contributed by atoms with Crippen LogP contribution in [0, 0.1) is 0 Å². The zero-order chi connectivity index (χ0) is 20.7. The summed E-state index contributed by atoms with van der Waals surface area (Å²) < 4.78 is 47.5. The van der Waals surface area contributed by atoms with Crippen LogP contribution in [-0.2, 0) is 22.1 Å². The van der Waals surface area contributed by atoms with E-state index in [1.54, 1.807) is 12.1 Å². The van der Waals surface area contributed by atoms with E-state index in [-0.39, 0.29) is 24.9 Å². The van der Waals surface area contributed by atoms with Crippen molar-refractivity contribution in [3.05, 3.63) is 45.9 Å². The fourth-order valence-electron chi connectivity index (χ4n) is 2.34. The van der Waals surface area contributed by atoms with E-state index in [0.717, 1.165) is 5.56 Å². The molecule has 2 unspecified atom stereocenters. The second kappa shape index (κ2) is 9.85. The molecule has 0 spiro atoms. The number of benzene rings is 1. The van der Waals surface area contributed by atoms with Gasteiger partial charge in [0.1, 0.15) is 11.9 Å². The number of aromatic nitrogens is 1. The summed E-state index contributed by atoms with van der Waals surface area (Å²) in [7, 11) is 1.28. The first-order valence-corrected chi connectivity index (χ1v) is 9.29. The van der Waals surface area contributed by atoms with E-state index in [4.69, 9.17) is 4.74 Å². The molecule has 1 aromatic carbocycles. The highest BCUT2D eigenvalue weighted by Gasteiger charge is 2.35. The Bertz CT molecular complexity index is 765. The van der Waals surface area contributed by atoms with Crippen LogP contribution in [0.4, 0.5) is 13.2 Å². The lowest BCUT2D eigenvalue weighted by molar-refractivity contribution is -0.143. The number of aliphatic hydroxyl groups excluding tert-OH is 1. The van der Waals surface area contributed by atoms with E-state index in [0.29, 0.717) is 23.5 Å². The number of aliphatic hydroxyl groups is 1. The molecule has 0 aliphatic rings. The Morgan fingerprint density at radius 1 is 1.32 bits per heavy atom. The third kappa shape index (κ3) is 6.77. The number of hydrogen-bond acceptors (Lipinski definition) is 7. The predicted octanol–water partition coefficient (Wildman–Crippen LogP) is 2.97. The summed E-state index contributed by atoms with van der Waals surface area (Å²) in [5, 5.41) is 13.4. The van der Waals surface area contributed by atoms with Crippen LogP contribution in [0.5, 0.6) is 5.75 Å². The minimum atomic E-state index is -4.50. The third-order valence-corrected chi connectivity index (χ3v) is 4.72. The van der Waals surface area contributed by atoms with Crippen LogP contribution in [-0.4, -0.2) is 42.4 Å². The lowest BCUT2D eigenvalue weighted by atomic mass is 10.1. The Hall–Kier alpha value is -2.17. The van der Waals surface area contributed by atoms with Crippen LogP contribution >= 0.6 is 11.3 Å². The van der Waals surface area contributed by atoms with Crippen molar-refractivity contribution in [3.63, 3.8) is 0 Å². The second-order valence-electron chi connectivity index (χ2n) is 6.11. The molecule has 1 aromatic heterocycles. The van der Waals surface area contributed by atoms with Gasteiger partial charge in [-0.05, 0) is 31.0 Å². The van der Waals surface area contributed by atoms with Gasteiger partial charge < -0.3 is 19.9 Å². The van der Waals surface area contributed by atoms with Gasteiger partial charge >= 0.3 is 12.1 Å². The summed E-state index contributed by atoms with van der Waals surface area (Å²) in [6, 6.07) is 7.12. The summed E-state index contributed by atoms with van der Waals surface area (Å²) in [6.07, 6.45) is -4.99. The van der Waals surface area contributed by atoms with Crippen LogP contribution in [0.2, 0.25) is 0 Å². The molecule has 0 aliphatic heterocycles. The van der Waals surface area contributed by atoms with Crippen molar-refractivity contribution in [1.29, 1.82) is 0 Å². The molecule has 2 rings (SSSR count). The number of esters is 1. The number of hydrogen-bond donors (Lipinski definition) is 2. The van der Waals surface area contributed by atoms with Crippen LogP contribution in [0.25, 0.3) is 0 Å². The number of alkyl halides is 3. The van der Waals surface area contributed by atoms with E-state index < -0.39 is 23.3 Å². The number of carbonyl (C=O) groups excluding carboxylic acids is 1. The molecule has 6 nitrogen and oxygen atoms in total. The number of ether oxygens (including phenoxy) is 2. The summed E-state index contributed by atoms with van der Waals surface area (Å²) >= 11 is 0.465. The van der Waals surface area contributed by atoms with Crippen molar-refractivity contribution >= 4 is 17.3 Å². The van der Waals surface area contributed by atoms with Crippen LogP contribution < -0.4 is 10.1 Å². The number of nitrogens with one attached hydrogen (secondary N) is 1. The first-order valence-electron chi connectivity index (χ1n) is 8.41. The maximum Gasteiger partial charge on any atom is 0.443 e. The van der Waals surface area contributed by atoms with E-state index in [9.17, 15) is 23.1 Å². The molecule has 0 saturated carbocycles. The number of halogens is 3. The standard InChI is InChI=1S/C18H21F3N2O4S/c1-11(7-12-3-5-13(6-4-12)27-9-16(25)26-2)22-8-15(24)14-10-28-17(23-14)18(19,20)21/h3-6,10-11,15,22,24H,7-9H2,1-2H3. The Morgan fingerprint density at radius 3 is 2.57 bits per heavy atom. The van der Waals surface area contributed by atoms with Gasteiger partial charge in [-0.2, -0.15) is 13.2 Å². The number of rotatable bonds is 9. The first kappa shape index (κ1) is 22.1. The van der Waals surface area contributed by atoms with Crippen molar-refractivity contribution in [1.82, 2.24) is 10.3 Å². The molecule has 10 heteroatoms. The number of carbonyl (C=O) groups is 1. The molecule has 0 fully saturated rings. The van der Waals surface area contributed by atoms with Crippen molar-refractivity contribution in [3.8, 4) is 5.75 Å². The average Bonchev–Trinajstić information content (AvgIpc) is 3.16. The zero-order valence-electron chi connectivity index (χ0n) is 15.3. The number of thiazole rings is 1. The van der Waals surface area contributed by atoms with Gasteiger partial charge in [-0.1, -0.05) is 12.1 Å². The molecule has 0 bridgehead atoms. The zero-order valence-corrected chi connectivity index (χ0v) is 16.1. The highest BCUT2D eigenvalue weighted by Crippen LogP contribution is 2.32. The highest BCUT2D eigenvalue weighted by atomic mass is 32.1. The Morgan fingerprint density at radius 2 is 2.00 bits per heavy atom. The quantitative estimate of drug-likeness (QED) is 0.610. The SMILES string of the molecule is COC(=O)COc1ccc(CC(C)NCC(O)c2csc(C(F)(F)F)n2)cc1. The highest BCUT2D eigenvalue weighted by molar-refractivity contribution is 7.09. The lowest BCUT2D eigenvalue weighted by Gasteiger charge is -2.16. The van der Waals surface area contributed by atoms with Gasteiger partial charge in [-0.15, -0.1) is 11.3 Å².